The second-order valence-corrected chi connectivity index (χ2v) is 2.29. The molecule has 0 aliphatic heterocycles. The minimum Gasteiger partial charge on any atom is -0.370 e. The Balaban J connectivity index is 3.76. The summed E-state index contributed by atoms with van der Waals surface area (Å²) in [5.74, 6) is 0.336. The predicted octanol–water partition coefficient (Wildman–Crippen LogP) is -0.799. The second-order valence-electron chi connectivity index (χ2n) is 2.29. The molecule has 0 fully saturated rings. The highest BCUT2D eigenvalue weighted by molar-refractivity contribution is 5.75. The first-order valence-electron chi connectivity index (χ1n) is 2.88. The number of hydrogen-bond acceptors (Lipinski definition) is 2. The van der Waals surface area contributed by atoms with Gasteiger partial charge in [0.25, 0.3) is 0 Å². The van der Waals surface area contributed by atoms with Crippen molar-refractivity contribution >= 4 is 5.96 Å². The molecule has 0 saturated carbocycles. The summed E-state index contributed by atoms with van der Waals surface area (Å²) in [7, 11) is 0. The Morgan fingerprint density at radius 2 is 1.78 bits per heavy atom. The lowest BCUT2D eigenvalue weighted by atomic mass is 10.2. The molecule has 4 nitrogen and oxygen atoms in total. The van der Waals surface area contributed by atoms with E-state index in [9.17, 15) is 0 Å². The van der Waals surface area contributed by atoms with Crippen LogP contribution in [0.5, 0.6) is 0 Å². The highest BCUT2D eigenvalue weighted by atomic mass is 15.1. The summed E-state index contributed by atoms with van der Waals surface area (Å²) in [4.78, 5) is 3.73. The van der Waals surface area contributed by atoms with E-state index in [1.165, 1.54) is 0 Å². The highest BCUT2D eigenvalue weighted by Crippen LogP contribution is 1.97. The van der Waals surface area contributed by atoms with Crippen molar-refractivity contribution in [2.75, 3.05) is 0 Å². The molecule has 4 heteroatoms. The Morgan fingerprint density at radius 3 is 1.89 bits per heavy atom. The first-order valence-corrected chi connectivity index (χ1v) is 2.88. The zero-order valence-corrected chi connectivity index (χ0v) is 5.83. The van der Waals surface area contributed by atoms with E-state index < -0.39 is 0 Å². The normalized spacial score (nSPS) is 13.3. The quantitative estimate of drug-likeness (QED) is 0.337. The van der Waals surface area contributed by atoms with Crippen molar-refractivity contribution < 1.29 is 0 Å². The SMILES string of the molecule is CC(C)C(N)N=C(N)N. The smallest absolute Gasteiger partial charge is 0.187 e. The molecule has 0 aromatic carbocycles. The number of rotatable bonds is 2. The maximum Gasteiger partial charge on any atom is 0.187 e. The molecule has 0 aliphatic rings. The predicted molar refractivity (Wildman–Crippen MR) is 38.6 cm³/mol. The molecule has 0 aliphatic carbocycles. The summed E-state index contributed by atoms with van der Waals surface area (Å²) in [5.41, 5.74) is 15.6. The summed E-state index contributed by atoms with van der Waals surface area (Å²) >= 11 is 0. The van der Waals surface area contributed by atoms with Crippen LogP contribution in [-0.2, 0) is 0 Å². The Hall–Kier alpha value is -0.770. The van der Waals surface area contributed by atoms with Crippen molar-refractivity contribution in [2.45, 2.75) is 20.0 Å². The van der Waals surface area contributed by atoms with Crippen LogP contribution < -0.4 is 17.2 Å². The van der Waals surface area contributed by atoms with Crippen molar-refractivity contribution in [3.8, 4) is 0 Å². The topological polar surface area (TPSA) is 90.4 Å². The van der Waals surface area contributed by atoms with Gasteiger partial charge in [-0.15, -0.1) is 0 Å². The van der Waals surface area contributed by atoms with Gasteiger partial charge in [0.2, 0.25) is 0 Å². The number of guanidine groups is 1. The van der Waals surface area contributed by atoms with E-state index in [4.69, 9.17) is 17.2 Å². The molecule has 1 atom stereocenters. The van der Waals surface area contributed by atoms with Crippen LogP contribution in [0.2, 0.25) is 0 Å². The number of nitrogens with two attached hydrogens (primary N) is 3. The van der Waals surface area contributed by atoms with Gasteiger partial charge in [-0.2, -0.15) is 0 Å². The fourth-order valence-electron chi connectivity index (χ4n) is 0.321. The van der Waals surface area contributed by atoms with Crippen LogP contribution >= 0.6 is 0 Å². The first kappa shape index (κ1) is 8.23. The van der Waals surface area contributed by atoms with Gasteiger partial charge in [-0.05, 0) is 5.92 Å². The van der Waals surface area contributed by atoms with Crippen LogP contribution in [0, 0.1) is 5.92 Å². The zero-order chi connectivity index (χ0) is 7.44. The molecule has 0 saturated heterocycles. The molecule has 0 bridgehead atoms. The van der Waals surface area contributed by atoms with Gasteiger partial charge in [-0.1, -0.05) is 13.8 Å². The maximum absolute atomic E-state index is 5.47. The van der Waals surface area contributed by atoms with Gasteiger partial charge in [0.05, 0.1) is 0 Å². The molecule has 0 rings (SSSR count). The molecule has 0 radical (unpaired) electrons. The van der Waals surface area contributed by atoms with Gasteiger partial charge < -0.3 is 17.2 Å². The van der Waals surface area contributed by atoms with E-state index in [0.717, 1.165) is 0 Å². The van der Waals surface area contributed by atoms with Crippen molar-refractivity contribution in [3.63, 3.8) is 0 Å². The van der Waals surface area contributed by atoms with E-state index in [0.29, 0.717) is 0 Å². The highest BCUT2D eigenvalue weighted by Gasteiger charge is 2.03. The Kier molecular flexibility index (Phi) is 3.01. The monoisotopic (exact) mass is 130 g/mol. The molecular formula is C5H14N4. The van der Waals surface area contributed by atoms with Gasteiger partial charge in [-0.3, -0.25) is 0 Å². The molecule has 0 aromatic heterocycles. The fourth-order valence-corrected chi connectivity index (χ4v) is 0.321. The average molecular weight is 130 g/mol. The van der Waals surface area contributed by atoms with Crippen molar-refractivity contribution in [3.05, 3.63) is 0 Å². The fraction of sp³-hybridized carbons (Fsp3) is 0.800. The van der Waals surface area contributed by atoms with Crippen molar-refractivity contribution in [2.24, 2.45) is 28.1 Å². The minimum absolute atomic E-state index is 0.0520. The third kappa shape index (κ3) is 3.78. The lowest BCUT2D eigenvalue weighted by molar-refractivity contribution is 0.510. The van der Waals surface area contributed by atoms with Crippen LogP contribution in [0.1, 0.15) is 13.8 Å². The largest absolute Gasteiger partial charge is 0.370 e. The molecule has 9 heavy (non-hydrogen) atoms. The molecule has 6 N–H and O–H groups in total. The number of nitrogens with zero attached hydrogens (tertiary/aromatic N) is 1. The zero-order valence-electron chi connectivity index (χ0n) is 5.83. The van der Waals surface area contributed by atoms with Gasteiger partial charge in [-0.25, -0.2) is 4.99 Å². The van der Waals surface area contributed by atoms with Crippen LogP contribution in [0.25, 0.3) is 0 Å². The molecule has 0 heterocycles. The molecular weight excluding hydrogens is 116 g/mol. The molecule has 1 unspecified atom stereocenters. The Morgan fingerprint density at radius 1 is 1.33 bits per heavy atom. The summed E-state index contributed by atoms with van der Waals surface area (Å²) in [5, 5.41) is 0. The number of hydrogen-bond donors (Lipinski definition) is 3. The van der Waals surface area contributed by atoms with E-state index in [1.54, 1.807) is 0 Å². The van der Waals surface area contributed by atoms with Crippen LogP contribution in [0.4, 0.5) is 0 Å². The van der Waals surface area contributed by atoms with E-state index in [2.05, 4.69) is 4.99 Å². The van der Waals surface area contributed by atoms with Crippen molar-refractivity contribution in [1.29, 1.82) is 0 Å². The van der Waals surface area contributed by atoms with Crippen LogP contribution in [0.3, 0.4) is 0 Å². The maximum atomic E-state index is 5.47. The van der Waals surface area contributed by atoms with Crippen molar-refractivity contribution in [1.82, 2.24) is 0 Å². The minimum atomic E-state index is -0.269. The molecule has 0 aromatic rings. The Labute approximate surface area is 55.1 Å². The van der Waals surface area contributed by atoms with E-state index in [1.807, 2.05) is 13.8 Å². The van der Waals surface area contributed by atoms with E-state index in [-0.39, 0.29) is 18.0 Å². The third-order valence-electron chi connectivity index (χ3n) is 0.981. The summed E-state index contributed by atoms with van der Waals surface area (Å²) in [6.07, 6.45) is -0.269. The lowest BCUT2D eigenvalue weighted by Crippen LogP contribution is -2.31. The van der Waals surface area contributed by atoms with Gasteiger partial charge in [0.15, 0.2) is 5.96 Å². The van der Waals surface area contributed by atoms with Gasteiger partial charge in [0.1, 0.15) is 6.17 Å². The standard InChI is InChI=1S/C5H14N4/c1-3(2)4(6)9-5(7)8/h3-4H,6H2,1-2H3,(H4,7,8,9). The summed E-state index contributed by atoms with van der Waals surface area (Å²) in [6.45, 7) is 3.91. The third-order valence-corrected chi connectivity index (χ3v) is 0.981. The summed E-state index contributed by atoms with van der Waals surface area (Å²) < 4.78 is 0. The summed E-state index contributed by atoms with van der Waals surface area (Å²) in [6, 6.07) is 0. The van der Waals surface area contributed by atoms with Gasteiger partial charge >= 0.3 is 0 Å². The number of aliphatic imine (C=N–C) groups is 1. The van der Waals surface area contributed by atoms with Crippen LogP contribution in [-0.4, -0.2) is 12.1 Å². The average Bonchev–Trinajstić information content (AvgIpc) is 1.63. The van der Waals surface area contributed by atoms with Gasteiger partial charge in [0, 0.05) is 0 Å². The first-order chi connectivity index (χ1) is 4.04. The lowest BCUT2D eigenvalue weighted by Gasteiger charge is -2.09. The molecule has 0 amide bonds. The molecule has 54 valence electrons. The Bertz CT molecular complexity index is 104. The van der Waals surface area contributed by atoms with Crippen LogP contribution in [0.15, 0.2) is 4.99 Å². The second kappa shape index (κ2) is 3.29. The molecule has 0 spiro atoms. The van der Waals surface area contributed by atoms with E-state index >= 15 is 0 Å².